The number of benzene rings is 3. The molecule has 0 unspecified atom stereocenters. The predicted molar refractivity (Wildman–Crippen MR) is 101 cm³/mol. The first-order valence-corrected chi connectivity index (χ1v) is 8.51. The number of hydrogen-bond donors (Lipinski definition) is 0. The molecule has 0 bridgehead atoms. The van der Waals surface area contributed by atoms with Crippen molar-refractivity contribution in [3.8, 4) is 23.2 Å². The largest absolute Gasteiger partial charge is 0.339 e. The van der Waals surface area contributed by atoms with Crippen molar-refractivity contribution in [2.24, 2.45) is 0 Å². The van der Waals surface area contributed by atoms with Crippen molar-refractivity contribution < 1.29 is 8.91 Å². The van der Waals surface area contributed by atoms with Crippen LogP contribution in [0.5, 0.6) is 0 Å². The molecular formula is C23H15FN2O. The second-order valence-corrected chi connectivity index (χ2v) is 6.01. The summed E-state index contributed by atoms with van der Waals surface area (Å²) in [5, 5.41) is 4.05. The van der Waals surface area contributed by atoms with Crippen molar-refractivity contribution in [1.82, 2.24) is 10.1 Å². The molecule has 0 aliphatic carbocycles. The minimum absolute atomic E-state index is 0.291. The Morgan fingerprint density at radius 3 is 2.37 bits per heavy atom. The summed E-state index contributed by atoms with van der Waals surface area (Å²) in [7, 11) is 0. The van der Waals surface area contributed by atoms with E-state index < -0.39 is 0 Å². The quantitative estimate of drug-likeness (QED) is 0.493. The van der Waals surface area contributed by atoms with Gasteiger partial charge in [0.05, 0.1) is 6.42 Å². The third-order valence-electron chi connectivity index (χ3n) is 3.99. The molecule has 4 heteroatoms. The van der Waals surface area contributed by atoms with E-state index in [9.17, 15) is 4.39 Å². The lowest BCUT2D eigenvalue weighted by Gasteiger charge is -1.95. The topological polar surface area (TPSA) is 38.9 Å². The molecule has 0 atom stereocenters. The SMILES string of the molecule is Fc1cccc(C#Cc2ccc(-c3noc(Cc4ccccc4)n3)cc2)c1. The Bertz CT molecular complexity index is 1110. The van der Waals surface area contributed by atoms with Crippen LogP contribution in [0.2, 0.25) is 0 Å². The fourth-order valence-corrected chi connectivity index (χ4v) is 2.63. The second-order valence-electron chi connectivity index (χ2n) is 6.01. The summed E-state index contributed by atoms with van der Waals surface area (Å²) in [4.78, 5) is 4.45. The summed E-state index contributed by atoms with van der Waals surface area (Å²) >= 11 is 0. The molecule has 0 spiro atoms. The highest BCUT2D eigenvalue weighted by molar-refractivity contribution is 5.56. The van der Waals surface area contributed by atoms with Crippen LogP contribution in [-0.2, 0) is 6.42 Å². The van der Waals surface area contributed by atoms with E-state index in [1.54, 1.807) is 12.1 Å². The van der Waals surface area contributed by atoms with Crippen molar-refractivity contribution in [3.63, 3.8) is 0 Å². The fraction of sp³-hybridized carbons (Fsp3) is 0.0435. The molecule has 0 saturated carbocycles. The van der Waals surface area contributed by atoms with Gasteiger partial charge in [0.25, 0.3) is 0 Å². The molecule has 3 nitrogen and oxygen atoms in total. The first kappa shape index (κ1) is 16.7. The van der Waals surface area contributed by atoms with Gasteiger partial charge in [0.1, 0.15) is 5.82 Å². The Labute approximate surface area is 156 Å². The van der Waals surface area contributed by atoms with Crippen molar-refractivity contribution in [2.45, 2.75) is 6.42 Å². The monoisotopic (exact) mass is 354 g/mol. The smallest absolute Gasteiger partial charge is 0.231 e. The van der Waals surface area contributed by atoms with Gasteiger partial charge in [-0.1, -0.05) is 53.4 Å². The maximum atomic E-state index is 13.2. The van der Waals surface area contributed by atoms with Crippen molar-refractivity contribution >= 4 is 0 Å². The number of halogens is 1. The lowest BCUT2D eigenvalue weighted by atomic mass is 10.1. The van der Waals surface area contributed by atoms with E-state index in [2.05, 4.69) is 22.0 Å². The Morgan fingerprint density at radius 1 is 0.815 bits per heavy atom. The number of rotatable bonds is 3. The summed E-state index contributed by atoms with van der Waals surface area (Å²) in [5.41, 5.74) is 3.45. The van der Waals surface area contributed by atoms with Gasteiger partial charge in [-0.2, -0.15) is 4.98 Å². The summed E-state index contributed by atoms with van der Waals surface area (Å²) < 4.78 is 18.5. The van der Waals surface area contributed by atoms with Crippen LogP contribution >= 0.6 is 0 Å². The van der Waals surface area contributed by atoms with Gasteiger partial charge in [-0.15, -0.1) is 0 Å². The molecule has 27 heavy (non-hydrogen) atoms. The fourth-order valence-electron chi connectivity index (χ4n) is 2.63. The zero-order chi connectivity index (χ0) is 18.5. The van der Waals surface area contributed by atoms with Crippen molar-refractivity contribution in [2.75, 3.05) is 0 Å². The molecule has 0 radical (unpaired) electrons. The van der Waals surface area contributed by atoms with Gasteiger partial charge < -0.3 is 4.52 Å². The standard InChI is InChI=1S/C23H15FN2O/c24-21-8-4-7-19(15-21)10-9-17-11-13-20(14-12-17)23-25-22(27-26-23)16-18-5-2-1-3-6-18/h1-8,11-15H,16H2. The highest BCUT2D eigenvalue weighted by atomic mass is 19.1. The van der Waals surface area contributed by atoms with Gasteiger partial charge in [0.15, 0.2) is 0 Å². The molecule has 0 N–H and O–H groups in total. The third kappa shape index (κ3) is 4.28. The summed E-state index contributed by atoms with van der Waals surface area (Å²) in [6, 6.07) is 23.8. The first-order valence-electron chi connectivity index (χ1n) is 8.51. The van der Waals surface area contributed by atoms with E-state index in [0.29, 0.717) is 23.7 Å². The highest BCUT2D eigenvalue weighted by Crippen LogP contribution is 2.18. The molecule has 1 aromatic heterocycles. The Morgan fingerprint density at radius 2 is 1.59 bits per heavy atom. The van der Waals surface area contributed by atoms with Gasteiger partial charge in [-0.25, -0.2) is 4.39 Å². The number of hydrogen-bond acceptors (Lipinski definition) is 3. The van der Waals surface area contributed by atoms with E-state index in [1.807, 2.05) is 54.6 Å². The third-order valence-corrected chi connectivity index (χ3v) is 3.99. The van der Waals surface area contributed by atoms with Gasteiger partial charge in [0.2, 0.25) is 11.7 Å². The lowest BCUT2D eigenvalue weighted by Crippen LogP contribution is -1.88. The van der Waals surface area contributed by atoms with Gasteiger partial charge in [-0.05, 0) is 48.0 Å². The minimum Gasteiger partial charge on any atom is -0.339 e. The molecule has 130 valence electrons. The second kappa shape index (κ2) is 7.67. The molecule has 1 heterocycles. The van der Waals surface area contributed by atoms with E-state index in [0.717, 1.165) is 16.7 Å². The van der Waals surface area contributed by atoms with Crippen LogP contribution in [0.15, 0.2) is 83.4 Å². The first-order chi connectivity index (χ1) is 13.3. The van der Waals surface area contributed by atoms with Crippen LogP contribution in [0.25, 0.3) is 11.4 Å². The normalized spacial score (nSPS) is 10.3. The molecule has 4 rings (SSSR count). The number of nitrogens with zero attached hydrogens (tertiary/aromatic N) is 2. The molecule has 3 aromatic carbocycles. The van der Waals surface area contributed by atoms with Crippen molar-refractivity contribution in [3.05, 3.63) is 107 Å². The van der Waals surface area contributed by atoms with Crippen LogP contribution in [0.4, 0.5) is 4.39 Å². The van der Waals surface area contributed by atoms with Crippen LogP contribution in [0.3, 0.4) is 0 Å². The van der Waals surface area contributed by atoms with Crippen LogP contribution in [0, 0.1) is 17.7 Å². The average molecular weight is 354 g/mol. The van der Waals surface area contributed by atoms with Gasteiger partial charge >= 0.3 is 0 Å². The Balaban J connectivity index is 1.48. The van der Waals surface area contributed by atoms with Crippen LogP contribution in [0.1, 0.15) is 22.6 Å². The van der Waals surface area contributed by atoms with Crippen molar-refractivity contribution in [1.29, 1.82) is 0 Å². The lowest BCUT2D eigenvalue weighted by molar-refractivity contribution is 0.385. The summed E-state index contributed by atoms with van der Waals surface area (Å²) in [5.74, 6) is 6.81. The van der Waals surface area contributed by atoms with Gasteiger partial charge in [-0.3, -0.25) is 0 Å². The number of aromatic nitrogens is 2. The van der Waals surface area contributed by atoms with E-state index >= 15 is 0 Å². The van der Waals surface area contributed by atoms with Crippen LogP contribution < -0.4 is 0 Å². The van der Waals surface area contributed by atoms with E-state index in [1.165, 1.54) is 12.1 Å². The molecule has 0 saturated heterocycles. The maximum Gasteiger partial charge on any atom is 0.231 e. The Hall–Kier alpha value is -3.71. The summed E-state index contributed by atoms with van der Waals surface area (Å²) in [6.45, 7) is 0. The molecule has 4 aromatic rings. The van der Waals surface area contributed by atoms with E-state index in [-0.39, 0.29) is 5.82 Å². The van der Waals surface area contributed by atoms with Gasteiger partial charge in [0, 0.05) is 16.7 Å². The zero-order valence-electron chi connectivity index (χ0n) is 14.4. The zero-order valence-corrected chi connectivity index (χ0v) is 14.4. The average Bonchev–Trinajstić information content (AvgIpc) is 3.16. The Kier molecular flexibility index (Phi) is 4.76. The van der Waals surface area contributed by atoms with E-state index in [4.69, 9.17) is 4.52 Å². The summed E-state index contributed by atoms with van der Waals surface area (Å²) in [6.07, 6.45) is 0.602. The minimum atomic E-state index is -0.291. The predicted octanol–water partition coefficient (Wildman–Crippen LogP) is 4.87. The molecular weight excluding hydrogens is 339 g/mol. The molecule has 0 amide bonds. The highest BCUT2D eigenvalue weighted by Gasteiger charge is 2.09. The maximum absolute atomic E-state index is 13.2. The molecule has 0 aliphatic rings. The molecule has 0 fully saturated rings. The van der Waals surface area contributed by atoms with Crippen LogP contribution in [-0.4, -0.2) is 10.1 Å². The molecule has 0 aliphatic heterocycles.